The average Bonchev–Trinajstić information content (AvgIpc) is 2.93. The predicted octanol–water partition coefficient (Wildman–Crippen LogP) is 5.09. The van der Waals surface area contributed by atoms with E-state index in [2.05, 4.69) is 26.2 Å². The molecule has 0 saturated carbocycles. The van der Waals surface area contributed by atoms with Gasteiger partial charge >= 0.3 is 5.97 Å². The van der Waals surface area contributed by atoms with Gasteiger partial charge in [0, 0.05) is 41.6 Å². The molecule has 1 saturated heterocycles. The minimum Gasteiger partial charge on any atom is -0.497 e. The summed E-state index contributed by atoms with van der Waals surface area (Å²) in [6.45, 7) is 16.5. The van der Waals surface area contributed by atoms with Crippen LogP contribution >= 0.6 is 0 Å². The third kappa shape index (κ3) is 12.6. The van der Waals surface area contributed by atoms with Gasteiger partial charge in [-0.3, -0.25) is 9.59 Å². The van der Waals surface area contributed by atoms with E-state index in [9.17, 15) is 9.59 Å². The molecule has 2 rings (SSSR count). The Hall–Kier alpha value is -2.28. The van der Waals surface area contributed by atoms with Gasteiger partial charge in [-0.2, -0.15) is 0 Å². The summed E-state index contributed by atoms with van der Waals surface area (Å²) in [5.41, 5.74) is 0.902. The van der Waals surface area contributed by atoms with Crippen LogP contribution in [0, 0.1) is 0 Å². The first-order valence-electron chi connectivity index (χ1n) is 14.3. The number of ether oxygens (including phenoxy) is 6. The quantitative estimate of drug-likeness (QED) is 0.0573. The SMILES string of the molecule is C=C[C@H](OCOCC[Si](C)(C)C)[C@@H](OC(C)=O)[C@@H]([C@@H](C)OCc1ccc(OC)cc1)N(OC1CCCCO1)C(C)=O. The molecule has 232 valence electrons. The maximum Gasteiger partial charge on any atom is 0.303 e. The van der Waals surface area contributed by atoms with Crippen molar-refractivity contribution < 1.29 is 42.8 Å². The average molecular weight is 596 g/mol. The smallest absolute Gasteiger partial charge is 0.303 e. The predicted molar refractivity (Wildman–Crippen MR) is 158 cm³/mol. The van der Waals surface area contributed by atoms with Crippen LogP contribution in [0.5, 0.6) is 5.75 Å². The zero-order valence-corrected chi connectivity index (χ0v) is 26.8. The van der Waals surface area contributed by atoms with E-state index in [1.165, 1.54) is 25.0 Å². The van der Waals surface area contributed by atoms with Crippen molar-refractivity contribution in [2.75, 3.05) is 27.1 Å². The van der Waals surface area contributed by atoms with Crippen molar-refractivity contribution in [2.45, 2.75) is 103 Å². The number of benzene rings is 1. The largest absolute Gasteiger partial charge is 0.497 e. The maximum atomic E-state index is 13.1. The van der Waals surface area contributed by atoms with Gasteiger partial charge in [0.15, 0.2) is 12.4 Å². The molecule has 0 aromatic heterocycles. The molecule has 41 heavy (non-hydrogen) atoms. The number of amides is 1. The van der Waals surface area contributed by atoms with E-state index in [-0.39, 0.29) is 13.4 Å². The topological polar surface area (TPSA) is 102 Å². The van der Waals surface area contributed by atoms with Crippen LogP contribution in [-0.2, 0) is 44.7 Å². The van der Waals surface area contributed by atoms with E-state index < -0.39 is 50.6 Å². The van der Waals surface area contributed by atoms with Gasteiger partial charge in [0.25, 0.3) is 0 Å². The third-order valence-electron chi connectivity index (χ3n) is 6.64. The standard InChI is InChI=1S/C30H49NO9Si/c1-9-27(38-21-35-18-19-41(6,7)8)30(39-24(4)33)29(31(23(3)32)40-28-12-10-11-17-36-28)22(2)37-20-25-13-15-26(34-5)16-14-25/h9,13-16,22,27-30H,1,10-12,17-21H2,2-8H3/t22-,27+,28?,29-,30-/m1/s1. The Morgan fingerprint density at radius 2 is 1.85 bits per heavy atom. The molecule has 10 nitrogen and oxygen atoms in total. The van der Waals surface area contributed by atoms with Crippen molar-refractivity contribution in [1.29, 1.82) is 0 Å². The van der Waals surface area contributed by atoms with Crippen LogP contribution in [0.4, 0.5) is 0 Å². The number of carbonyl (C=O) groups is 2. The van der Waals surface area contributed by atoms with Gasteiger partial charge in [0.1, 0.15) is 24.7 Å². The summed E-state index contributed by atoms with van der Waals surface area (Å²) >= 11 is 0. The number of hydrogen-bond donors (Lipinski definition) is 0. The van der Waals surface area contributed by atoms with Crippen LogP contribution in [0.3, 0.4) is 0 Å². The molecule has 0 spiro atoms. The van der Waals surface area contributed by atoms with Gasteiger partial charge in [0.2, 0.25) is 5.91 Å². The molecule has 0 N–H and O–H groups in total. The van der Waals surface area contributed by atoms with Gasteiger partial charge < -0.3 is 28.4 Å². The number of nitrogens with zero attached hydrogens (tertiary/aromatic N) is 1. The van der Waals surface area contributed by atoms with Crippen LogP contribution in [0.1, 0.15) is 45.6 Å². The number of hydrogen-bond acceptors (Lipinski definition) is 9. The van der Waals surface area contributed by atoms with E-state index in [0.29, 0.717) is 19.6 Å². The fourth-order valence-corrected chi connectivity index (χ4v) is 5.06. The highest BCUT2D eigenvalue weighted by Gasteiger charge is 2.43. The van der Waals surface area contributed by atoms with E-state index in [0.717, 1.165) is 30.2 Å². The van der Waals surface area contributed by atoms with Crippen molar-refractivity contribution in [3.63, 3.8) is 0 Å². The monoisotopic (exact) mass is 595 g/mol. The van der Waals surface area contributed by atoms with Crippen molar-refractivity contribution in [2.24, 2.45) is 0 Å². The molecular formula is C30H49NO9Si. The first-order valence-corrected chi connectivity index (χ1v) is 18.0. The van der Waals surface area contributed by atoms with Crippen LogP contribution < -0.4 is 4.74 Å². The fourth-order valence-electron chi connectivity index (χ4n) is 4.30. The lowest BCUT2D eigenvalue weighted by atomic mass is 9.99. The molecule has 1 aliphatic rings. The van der Waals surface area contributed by atoms with Gasteiger partial charge in [-0.05, 0) is 43.5 Å². The summed E-state index contributed by atoms with van der Waals surface area (Å²) in [5.74, 6) is -0.207. The molecule has 1 aromatic carbocycles. The molecule has 0 radical (unpaired) electrons. The molecule has 5 atom stereocenters. The first kappa shape index (κ1) is 34.9. The highest BCUT2D eigenvalue weighted by atomic mass is 28.3. The second-order valence-corrected chi connectivity index (χ2v) is 17.0. The second-order valence-electron chi connectivity index (χ2n) is 11.4. The van der Waals surface area contributed by atoms with Crippen molar-refractivity contribution in [3.05, 3.63) is 42.5 Å². The zero-order valence-electron chi connectivity index (χ0n) is 25.8. The summed E-state index contributed by atoms with van der Waals surface area (Å²) in [6.07, 6.45) is 0.888. The summed E-state index contributed by atoms with van der Waals surface area (Å²) in [4.78, 5) is 31.5. The molecule has 1 aliphatic heterocycles. The van der Waals surface area contributed by atoms with Gasteiger partial charge in [-0.1, -0.05) is 37.8 Å². The van der Waals surface area contributed by atoms with E-state index >= 15 is 0 Å². The van der Waals surface area contributed by atoms with E-state index in [1.807, 2.05) is 24.3 Å². The van der Waals surface area contributed by atoms with Crippen LogP contribution in [0.2, 0.25) is 25.7 Å². The molecule has 1 unspecified atom stereocenters. The third-order valence-corrected chi connectivity index (χ3v) is 8.34. The zero-order chi connectivity index (χ0) is 30.4. The van der Waals surface area contributed by atoms with Gasteiger partial charge in [0.05, 0.1) is 19.8 Å². The van der Waals surface area contributed by atoms with Crippen LogP contribution in [0.25, 0.3) is 0 Å². The maximum absolute atomic E-state index is 13.1. The molecule has 11 heteroatoms. The highest BCUT2D eigenvalue weighted by molar-refractivity contribution is 6.76. The number of hydroxylamine groups is 2. The number of methoxy groups -OCH3 is 1. The second kappa shape index (κ2) is 17.6. The van der Waals surface area contributed by atoms with E-state index in [1.54, 1.807) is 14.0 Å². The van der Waals surface area contributed by atoms with Gasteiger partial charge in [-0.15, -0.1) is 6.58 Å². The Morgan fingerprint density at radius 1 is 1.15 bits per heavy atom. The number of esters is 1. The lowest BCUT2D eigenvalue weighted by Gasteiger charge is -2.41. The minimum absolute atomic E-state index is 0.0284. The summed E-state index contributed by atoms with van der Waals surface area (Å²) in [6, 6.07) is 7.56. The number of rotatable bonds is 18. The first-order chi connectivity index (χ1) is 19.4. The Kier molecular flexibility index (Phi) is 15.0. The summed E-state index contributed by atoms with van der Waals surface area (Å²) in [5, 5.41) is 1.20. The molecule has 1 amide bonds. The molecule has 0 aliphatic carbocycles. The fraction of sp³-hybridized carbons (Fsp3) is 0.667. The van der Waals surface area contributed by atoms with Crippen LogP contribution in [0.15, 0.2) is 36.9 Å². The molecular weight excluding hydrogens is 546 g/mol. The van der Waals surface area contributed by atoms with Gasteiger partial charge in [-0.25, -0.2) is 9.90 Å². The van der Waals surface area contributed by atoms with Crippen molar-refractivity contribution in [1.82, 2.24) is 5.06 Å². The minimum atomic E-state index is -1.28. The van der Waals surface area contributed by atoms with E-state index in [4.69, 9.17) is 33.3 Å². The normalized spacial score (nSPS) is 18.6. The molecule has 1 aromatic rings. The summed E-state index contributed by atoms with van der Waals surface area (Å²) in [7, 11) is 0.329. The Labute approximate surface area is 246 Å². The number of carbonyl (C=O) groups excluding carboxylic acids is 2. The molecule has 1 heterocycles. The molecule has 1 fully saturated rings. The van der Waals surface area contributed by atoms with Crippen molar-refractivity contribution in [3.8, 4) is 5.75 Å². The summed E-state index contributed by atoms with van der Waals surface area (Å²) < 4.78 is 34.8. The Balaban J connectivity index is 2.32. The molecule has 0 bridgehead atoms. The Bertz CT molecular complexity index is 931. The lowest BCUT2D eigenvalue weighted by molar-refractivity contribution is -0.310. The van der Waals surface area contributed by atoms with Crippen LogP contribution in [-0.4, -0.2) is 82.8 Å². The highest BCUT2D eigenvalue weighted by Crippen LogP contribution is 2.26. The lowest BCUT2D eigenvalue weighted by Crippen LogP contribution is -2.58. The van der Waals surface area contributed by atoms with Crippen molar-refractivity contribution >= 4 is 20.0 Å². The Morgan fingerprint density at radius 3 is 2.39 bits per heavy atom.